The molecule has 4 aliphatic heterocycles. The van der Waals surface area contributed by atoms with Crippen LogP contribution in [0.2, 0.25) is 5.02 Å². The van der Waals surface area contributed by atoms with Gasteiger partial charge in [-0.15, -0.1) is 0 Å². The number of fused-ring (bicyclic) bond motifs is 12. The maximum Gasteiger partial charge on any atom is 0.329 e. The van der Waals surface area contributed by atoms with Crippen molar-refractivity contribution in [1.82, 2.24) is 29.7 Å². The number of anilines is 1. The number of esters is 1. The predicted octanol–water partition coefficient (Wildman–Crippen LogP) is 5.61. The first-order valence-corrected chi connectivity index (χ1v) is 18.4. The summed E-state index contributed by atoms with van der Waals surface area (Å²) in [4.78, 5) is 58.9. The molecule has 1 N–H and O–H groups in total. The summed E-state index contributed by atoms with van der Waals surface area (Å²) in [5.41, 5.74) is 2.28. The van der Waals surface area contributed by atoms with Gasteiger partial charge >= 0.3 is 5.97 Å². The first-order chi connectivity index (χ1) is 24.9. The molecule has 0 spiro atoms. The van der Waals surface area contributed by atoms with E-state index in [-0.39, 0.29) is 49.0 Å². The van der Waals surface area contributed by atoms with E-state index in [9.17, 15) is 14.4 Å². The van der Waals surface area contributed by atoms with Crippen LogP contribution >= 0.6 is 11.6 Å². The van der Waals surface area contributed by atoms with Gasteiger partial charge in [-0.05, 0) is 63.8 Å². The molecule has 0 radical (unpaired) electrons. The maximum atomic E-state index is 14.0. The van der Waals surface area contributed by atoms with E-state index in [0.29, 0.717) is 77.9 Å². The Labute approximate surface area is 305 Å². The Morgan fingerprint density at radius 1 is 1.06 bits per heavy atom. The largest absolute Gasteiger partial charge is 0.459 e. The highest BCUT2D eigenvalue weighted by Crippen LogP contribution is 2.41. The highest BCUT2D eigenvalue weighted by molar-refractivity contribution is 6.35. The molecular formula is C38H42ClN7O6. The van der Waals surface area contributed by atoms with Crippen molar-refractivity contribution in [2.45, 2.75) is 83.6 Å². The number of aromatic nitrogens is 4. The van der Waals surface area contributed by atoms with Crippen molar-refractivity contribution in [3.05, 3.63) is 53.3 Å². The number of hydrogen-bond donors (Lipinski definition) is 1. The number of nitrogens with zero attached hydrogens (tertiary/aromatic N) is 6. The third-order valence-corrected chi connectivity index (χ3v) is 10.4. The standard InChI is InChI=1S/C38H42ClN7O6/c1-21-19-44-16-14-26(21)46-33-24(39)10-7-11-25(33)41-37(46)50-22-17-27(36(49)52-38(2,3)4)45(20-22)35-34-32(23-9-5-6-12-28(23)51-34)42-29(43-35)18-30(47)40-15-8-13-31(44)48/h5-7,9-12,21-22,26-27H,8,13-20H2,1-4H3,(H,40,47)/t21?,22-,26?,27-/m0/s1. The van der Waals surface area contributed by atoms with E-state index in [4.69, 9.17) is 40.4 Å². The lowest BCUT2D eigenvalue weighted by atomic mass is 9.93. The first-order valence-electron chi connectivity index (χ1n) is 18.0. The molecule has 2 saturated heterocycles. The molecule has 14 heteroatoms. The number of hydrogen-bond acceptors (Lipinski definition) is 10. The highest BCUT2D eigenvalue weighted by Gasteiger charge is 2.44. The van der Waals surface area contributed by atoms with Gasteiger partial charge in [0.1, 0.15) is 34.7 Å². The van der Waals surface area contributed by atoms with Crippen molar-refractivity contribution in [2.75, 3.05) is 31.1 Å². The molecular weight excluding hydrogens is 686 g/mol. The molecule has 272 valence electrons. The van der Waals surface area contributed by atoms with Crippen LogP contribution in [0.4, 0.5) is 5.82 Å². The van der Waals surface area contributed by atoms with Gasteiger partial charge in [0.05, 0.1) is 29.0 Å². The summed E-state index contributed by atoms with van der Waals surface area (Å²) >= 11 is 6.85. The minimum Gasteiger partial charge on any atom is -0.459 e. The summed E-state index contributed by atoms with van der Waals surface area (Å²) in [5, 5.41) is 4.26. The van der Waals surface area contributed by atoms with Crippen LogP contribution in [0.3, 0.4) is 0 Å². The van der Waals surface area contributed by atoms with Crippen LogP contribution in [0.5, 0.6) is 6.01 Å². The Morgan fingerprint density at radius 3 is 2.69 bits per heavy atom. The summed E-state index contributed by atoms with van der Waals surface area (Å²) in [6.45, 7) is 9.36. The first kappa shape index (κ1) is 34.2. The lowest BCUT2D eigenvalue weighted by Gasteiger charge is -2.38. The number of ether oxygens (including phenoxy) is 2. The van der Waals surface area contributed by atoms with Crippen LogP contribution in [-0.4, -0.2) is 86.1 Å². The van der Waals surface area contributed by atoms with E-state index >= 15 is 0 Å². The molecule has 3 aromatic heterocycles. The van der Waals surface area contributed by atoms with Crippen LogP contribution in [0.15, 0.2) is 46.9 Å². The van der Waals surface area contributed by atoms with E-state index in [1.54, 1.807) is 0 Å². The fraction of sp³-hybridized carbons (Fsp3) is 0.474. The van der Waals surface area contributed by atoms with Crippen molar-refractivity contribution in [3.63, 3.8) is 0 Å². The van der Waals surface area contributed by atoms with E-state index in [0.717, 1.165) is 10.9 Å². The van der Waals surface area contributed by atoms with Gasteiger partial charge in [0.15, 0.2) is 11.4 Å². The predicted molar refractivity (Wildman–Crippen MR) is 195 cm³/mol. The minimum atomic E-state index is -0.791. The second-order valence-electron chi connectivity index (χ2n) is 15.1. The third-order valence-electron chi connectivity index (χ3n) is 10.1. The Balaban J connectivity index is 1.26. The van der Waals surface area contributed by atoms with Crippen LogP contribution < -0.4 is 15.0 Å². The summed E-state index contributed by atoms with van der Waals surface area (Å²) in [6, 6.07) is 12.7. The summed E-state index contributed by atoms with van der Waals surface area (Å²) < 4.78 is 21.2. The van der Waals surface area contributed by atoms with Gasteiger partial charge in [0.25, 0.3) is 6.01 Å². The average molecular weight is 728 g/mol. The Hall–Kier alpha value is -4.91. The Kier molecular flexibility index (Phi) is 8.71. The molecule has 2 unspecified atom stereocenters. The molecule has 0 saturated carbocycles. The molecule has 52 heavy (non-hydrogen) atoms. The van der Waals surface area contributed by atoms with Crippen molar-refractivity contribution < 1.29 is 28.3 Å². The normalized spacial score (nSPS) is 23.2. The number of nitrogens with one attached hydrogen (secondary N) is 1. The topological polar surface area (TPSA) is 145 Å². The average Bonchev–Trinajstić information content (AvgIpc) is 3.79. The Bertz CT molecular complexity index is 2210. The van der Waals surface area contributed by atoms with Crippen molar-refractivity contribution in [3.8, 4) is 6.01 Å². The summed E-state index contributed by atoms with van der Waals surface area (Å²) in [6.07, 6.45) is 1.16. The number of amides is 2. The number of rotatable bonds is 1. The Morgan fingerprint density at radius 2 is 1.88 bits per heavy atom. The molecule has 5 aromatic rings. The molecule has 13 nitrogen and oxygen atoms in total. The number of halogens is 1. The molecule has 7 heterocycles. The van der Waals surface area contributed by atoms with Crippen LogP contribution in [0.1, 0.15) is 65.2 Å². The zero-order chi connectivity index (χ0) is 36.3. The van der Waals surface area contributed by atoms with Gasteiger partial charge in [-0.2, -0.15) is 4.98 Å². The van der Waals surface area contributed by atoms with Gasteiger partial charge in [-0.3, -0.25) is 14.2 Å². The number of benzene rings is 2. The number of para-hydroxylation sites is 2. The highest BCUT2D eigenvalue weighted by atomic mass is 35.5. The molecule has 2 aromatic carbocycles. The number of imidazole rings is 1. The van der Waals surface area contributed by atoms with E-state index in [1.165, 1.54) is 0 Å². The van der Waals surface area contributed by atoms with Gasteiger partial charge in [-0.1, -0.05) is 36.7 Å². The molecule has 2 fully saturated rings. The number of carbonyl (C=O) groups is 3. The summed E-state index contributed by atoms with van der Waals surface area (Å²) in [7, 11) is 0. The lowest BCUT2D eigenvalue weighted by Crippen LogP contribution is -2.44. The van der Waals surface area contributed by atoms with Crippen molar-refractivity contribution in [2.24, 2.45) is 5.92 Å². The van der Waals surface area contributed by atoms with Gasteiger partial charge < -0.3 is 29.0 Å². The van der Waals surface area contributed by atoms with Crippen LogP contribution in [0, 0.1) is 5.92 Å². The van der Waals surface area contributed by atoms with Crippen molar-refractivity contribution >= 4 is 68.3 Å². The molecule has 4 aliphatic rings. The van der Waals surface area contributed by atoms with E-state index < -0.39 is 23.7 Å². The zero-order valence-electron chi connectivity index (χ0n) is 29.7. The van der Waals surface area contributed by atoms with Gasteiger partial charge in [-0.25, -0.2) is 14.8 Å². The molecule has 2 amide bonds. The maximum absolute atomic E-state index is 14.0. The molecule has 9 rings (SSSR count). The van der Waals surface area contributed by atoms with Gasteiger partial charge in [0.2, 0.25) is 11.8 Å². The number of carbonyl (C=O) groups excluding carboxylic acids is 3. The summed E-state index contributed by atoms with van der Waals surface area (Å²) in [5.74, 6) is 0.0826. The SMILES string of the molecule is CC1CN2CCC1n1c(nc3cccc(Cl)c31)O[C@H]1C[C@@H](C(=O)OC(C)(C)C)N(C1)c1nc(nc3c1oc1ccccc13)CC(=O)NCCCC2=O. The monoisotopic (exact) mass is 727 g/mol. The fourth-order valence-electron chi connectivity index (χ4n) is 7.81. The quantitative estimate of drug-likeness (QED) is 0.216. The van der Waals surface area contributed by atoms with Gasteiger partial charge in [0, 0.05) is 43.9 Å². The van der Waals surface area contributed by atoms with Crippen molar-refractivity contribution in [1.29, 1.82) is 0 Å². The smallest absolute Gasteiger partial charge is 0.329 e. The second kappa shape index (κ2) is 13.3. The lowest BCUT2D eigenvalue weighted by molar-refractivity contribution is -0.156. The number of furan rings is 1. The second-order valence-corrected chi connectivity index (χ2v) is 15.5. The van der Waals surface area contributed by atoms with E-state index in [2.05, 4.69) is 16.8 Å². The third kappa shape index (κ3) is 6.39. The molecule has 0 aliphatic carbocycles. The molecule has 4 atom stereocenters. The minimum absolute atomic E-state index is 0.0485. The number of piperidine rings is 1. The van der Waals surface area contributed by atoms with E-state index in [1.807, 2.05) is 73.0 Å². The molecule has 6 bridgehead atoms. The zero-order valence-corrected chi connectivity index (χ0v) is 30.5. The fourth-order valence-corrected chi connectivity index (χ4v) is 8.07. The van der Waals surface area contributed by atoms with Crippen LogP contribution in [0.25, 0.3) is 33.1 Å². The van der Waals surface area contributed by atoms with Crippen LogP contribution in [-0.2, 0) is 25.5 Å².